The summed E-state index contributed by atoms with van der Waals surface area (Å²) < 4.78 is 0. The summed E-state index contributed by atoms with van der Waals surface area (Å²) in [4.78, 5) is 59.4. The van der Waals surface area contributed by atoms with E-state index in [-0.39, 0.29) is 37.1 Å². The molecule has 180 valence electrons. The Morgan fingerprint density at radius 2 is 1.73 bits per heavy atom. The second-order valence-electron chi connectivity index (χ2n) is 7.69. The Balaban J connectivity index is 2.04. The van der Waals surface area contributed by atoms with Crippen LogP contribution in [0.15, 0.2) is 24.3 Å². The van der Waals surface area contributed by atoms with Crippen molar-refractivity contribution in [2.75, 3.05) is 13.1 Å². The van der Waals surface area contributed by atoms with Crippen LogP contribution in [-0.2, 0) is 30.4 Å². The monoisotopic (exact) mass is 464 g/mol. The lowest BCUT2D eigenvalue weighted by atomic mass is 10.0. The SMILES string of the molecule is O=C(O)CCC(NC(=O)C(Cc1ccc(O)cc1)NC(=O)CNC(=O)C1CCCN1)C(=O)O. The topological polar surface area (TPSA) is 194 Å². The third kappa shape index (κ3) is 8.77. The Labute approximate surface area is 189 Å². The van der Waals surface area contributed by atoms with E-state index in [4.69, 9.17) is 5.11 Å². The van der Waals surface area contributed by atoms with Crippen LogP contribution >= 0.6 is 0 Å². The van der Waals surface area contributed by atoms with Crippen molar-refractivity contribution < 1.29 is 39.3 Å². The molecule has 1 aromatic carbocycles. The molecule has 0 aliphatic carbocycles. The van der Waals surface area contributed by atoms with Crippen LogP contribution in [0.4, 0.5) is 0 Å². The van der Waals surface area contributed by atoms with Crippen molar-refractivity contribution in [3.63, 3.8) is 0 Å². The number of rotatable bonds is 12. The Morgan fingerprint density at radius 1 is 1.03 bits per heavy atom. The van der Waals surface area contributed by atoms with Crippen molar-refractivity contribution in [1.82, 2.24) is 21.3 Å². The second kappa shape index (κ2) is 12.4. The maximum Gasteiger partial charge on any atom is 0.326 e. The van der Waals surface area contributed by atoms with E-state index in [0.717, 1.165) is 6.42 Å². The van der Waals surface area contributed by atoms with Gasteiger partial charge >= 0.3 is 11.9 Å². The Hall–Kier alpha value is -3.67. The zero-order chi connectivity index (χ0) is 24.4. The molecule has 3 unspecified atom stereocenters. The van der Waals surface area contributed by atoms with Crippen molar-refractivity contribution in [2.24, 2.45) is 0 Å². The van der Waals surface area contributed by atoms with Crippen LogP contribution in [0.2, 0.25) is 0 Å². The molecule has 3 atom stereocenters. The Bertz CT molecular complexity index is 868. The minimum absolute atomic E-state index is 0.00614. The van der Waals surface area contributed by atoms with Crippen LogP contribution in [0, 0.1) is 0 Å². The first-order valence-corrected chi connectivity index (χ1v) is 10.5. The van der Waals surface area contributed by atoms with Crippen LogP contribution in [0.3, 0.4) is 0 Å². The summed E-state index contributed by atoms with van der Waals surface area (Å²) in [6.07, 6.45) is 0.688. The van der Waals surface area contributed by atoms with Crippen LogP contribution in [0.5, 0.6) is 5.75 Å². The van der Waals surface area contributed by atoms with Crippen molar-refractivity contribution in [3.8, 4) is 5.75 Å². The van der Waals surface area contributed by atoms with Crippen molar-refractivity contribution in [2.45, 2.75) is 50.2 Å². The average molecular weight is 464 g/mol. The summed E-state index contributed by atoms with van der Waals surface area (Å²) >= 11 is 0. The molecule has 1 fully saturated rings. The van der Waals surface area contributed by atoms with Crippen LogP contribution in [0.1, 0.15) is 31.2 Å². The fraction of sp³-hybridized carbons (Fsp3) is 0.476. The van der Waals surface area contributed by atoms with Gasteiger partial charge in [-0.15, -0.1) is 0 Å². The smallest absolute Gasteiger partial charge is 0.326 e. The molecule has 0 saturated carbocycles. The van der Waals surface area contributed by atoms with Crippen LogP contribution < -0.4 is 21.3 Å². The summed E-state index contributed by atoms with van der Waals surface area (Å²) in [6, 6.07) is 2.83. The first-order valence-electron chi connectivity index (χ1n) is 10.5. The minimum atomic E-state index is -1.46. The fourth-order valence-electron chi connectivity index (χ4n) is 3.32. The number of benzene rings is 1. The number of carbonyl (C=O) groups excluding carboxylic acids is 3. The lowest BCUT2D eigenvalue weighted by molar-refractivity contribution is -0.143. The Kier molecular flexibility index (Phi) is 9.61. The van der Waals surface area contributed by atoms with E-state index in [2.05, 4.69) is 21.3 Å². The third-order valence-corrected chi connectivity index (χ3v) is 5.09. The quantitative estimate of drug-likeness (QED) is 0.197. The van der Waals surface area contributed by atoms with Crippen molar-refractivity contribution in [1.29, 1.82) is 0 Å². The van der Waals surface area contributed by atoms with Crippen molar-refractivity contribution >= 4 is 29.7 Å². The molecule has 1 aliphatic heterocycles. The van der Waals surface area contributed by atoms with Gasteiger partial charge in [0.15, 0.2) is 0 Å². The molecule has 1 aliphatic rings. The summed E-state index contributed by atoms with van der Waals surface area (Å²) in [6.45, 7) is 0.337. The van der Waals surface area contributed by atoms with E-state index in [9.17, 15) is 34.2 Å². The standard InChI is InChI=1S/C21H28N4O8/c26-13-5-3-12(4-6-13)10-16(20(31)25-15(21(32)33)7-8-18(28)29)24-17(27)11-23-19(30)14-2-1-9-22-14/h3-6,14-16,22,26H,1-2,7-11H2,(H,23,30)(H,24,27)(H,25,31)(H,28,29)(H,32,33). The number of hydrogen-bond acceptors (Lipinski definition) is 7. The van der Waals surface area contributed by atoms with Crippen molar-refractivity contribution in [3.05, 3.63) is 29.8 Å². The summed E-state index contributed by atoms with van der Waals surface area (Å²) in [5, 5.41) is 37.7. The first kappa shape index (κ1) is 25.6. The number of aliphatic carboxylic acids is 2. The van der Waals surface area contributed by atoms with Gasteiger partial charge in [0.2, 0.25) is 17.7 Å². The highest BCUT2D eigenvalue weighted by atomic mass is 16.4. The highest BCUT2D eigenvalue weighted by Gasteiger charge is 2.28. The number of aromatic hydroxyl groups is 1. The zero-order valence-electron chi connectivity index (χ0n) is 17.9. The average Bonchev–Trinajstić information content (AvgIpc) is 3.30. The largest absolute Gasteiger partial charge is 0.508 e. The number of phenolic OH excluding ortho intramolecular Hbond substituents is 1. The van der Waals surface area contributed by atoms with E-state index >= 15 is 0 Å². The highest BCUT2D eigenvalue weighted by molar-refractivity contribution is 5.92. The number of amides is 3. The molecule has 7 N–H and O–H groups in total. The predicted octanol–water partition coefficient (Wildman–Crippen LogP) is -1.28. The molecule has 0 spiro atoms. The minimum Gasteiger partial charge on any atom is -0.508 e. The third-order valence-electron chi connectivity index (χ3n) is 5.09. The van der Waals surface area contributed by atoms with Gasteiger partial charge in [0.1, 0.15) is 17.8 Å². The maximum absolute atomic E-state index is 12.8. The molecule has 0 aromatic heterocycles. The normalized spacial score (nSPS) is 16.9. The van der Waals surface area contributed by atoms with Gasteiger partial charge in [0.05, 0.1) is 12.6 Å². The molecule has 33 heavy (non-hydrogen) atoms. The lowest BCUT2D eigenvalue weighted by Gasteiger charge is -2.22. The van der Waals surface area contributed by atoms with Gasteiger partial charge in [0, 0.05) is 12.8 Å². The van der Waals surface area contributed by atoms with E-state index in [0.29, 0.717) is 18.5 Å². The molecule has 1 saturated heterocycles. The molecular formula is C21H28N4O8. The van der Waals surface area contributed by atoms with Gasteiger partial charge in [-0.3, -0.25) is 19.2 Å². The molecule has 1 heterocycles. The van der Waals surface area contributed by atoms with Gasteiger partial charge in [-0.1, -0.05) is 12.1 Å². The van der Waals surface area contributed by atoms with Gasteiger partial charge in [-0.2, -0.15) is 0 Å². The summed E-state index contributed by atoms with van der Waals surface area (Å²) in [5.41, 5.74) is 0.574. The Morgan fingerprint density at radius 3 is 2.30 bits per heavy atom. The summed E-state index contributed by atoms with van der Waals surface area (Å²) in [7, 11) is 0. The predicted molar refractivity (Wildman–Crippen MR) is 114 cm³/mol. The molecular weight excluding hydrogens is 436 g/mol. The lowest BCUT2D eigenvalue weighted by Crippen LogP contribution is -2.54. The molecule has 12 heteroatoms. The number of carboxylic acids is 2. The van der Waals surface area contributed by atoms with Crippen LogP contribution in [-0.4, -0.2) is 76.2 Å². The number of nitrogens with one attached hydrogen (secondary N) is 4. The highest BCUT2D eigenvalue weighted by Crippen LogP contribution is 2.12. The van der Waals surface area contributed by atoms with E-state index in [1.165, 1.54) is 24.3 Å². The van der Waals surface area contributed by atoms with Gasteiger partial charge in [0.25, 0.3) is 0 Å². The van der Waals surface area contributed by atoms with Crippen LogP contribution in [0.25, 0.3) is 0 Å². The molecule has 12 nitrogen and oxygen atoms in total. The number of carbonyl (C=O) groups is 5. The van der Waals surface area contributed by atoms with Gasteiger partial charge in [-0.05, 0) is 43.5 Å². The zero-order valence-corrected chi connectivity index (χ0v) is 17.9. The molecule has 1 aromatic rings. The van der Waals surface area contributed by atoms with E-state index in [1.807, 2.05) is 0 Å². The van der Waals surface area contributed by atoms with E-state index in [1.54, 1.807) is 0 Å². The molecule has 2 rings (SSSR count). The van der Waals surface area contributed by atoms with E-state index < -0.39 is 42.3 Å². The molecule has 0 radical (unpaired) electrons. The number of carboxylic acid groups (broad SMARTS) is 2. The maximum atomic E-state index is 12.8. The summed E-state index contributed by atoms with van der Waals surface area (Å²) in [5.74, 6) is -4.42. The number of phenols is 1. The molecule has 0 bridgehead atoms. The first-order chi connectivity index (χ1) is 15.7. The van der Waals surface area contributed by atoms with Gasteiger partial charge in [-0.25, -0.2) is 4.79 Å². The fourth-order valence-corrected chi connectivity index (χ4v) is 3.32. The number of hydrogen-bond donors (Lipinski definition) is 7. The van der Waals surface area contributed by atoms with Gasteiger partial charge < -0.3 is 36.6 Å². The second-order valence-corrected chi connectivity index (χ2v) is 7.69. The molecule has 3 amide bonds.